The van der Waals surface area contributed by atoms with E-state index in [0.29, 0.717) is 13.1 Å². The van der Waals surface area contributed by atoms with Crippen molar-refractivity contribution >= 4 is 35.4 Å². The van der Waals surface area contributed by atoms with Crippen LogP contribution in [0.1, 0.15) is 20.3 Å². The maximum Gasteiger partial charge on any atom is 0.233 e. The van der Waals surface area contributed by atoms with E-state index in [1.807, 2.05) is 6.92 Å². The molecule has 2 N–H and O–H groups in total. The molecule has 28 heavy (non-hydrogen) atoms. The molecule has 4 fully saturated rings. The fraction of sp³-hybridized carbons (Fsp3) is 0.667. The molecule has 2 saturated heterocycles. The summed E-state index contributed by atoms with van der Waals surface area (Å²) in [6.45, 7) is 4.50. The molecule has 6 amide bonds. The third-order valence-electron chi connectivity index (χ3n) is 6.15. The van der Waals surface area contributed by atoms with Crippen LogP contribution in [0.15, 0.2) is 0 Å². The summed E-state index contributed by atoms with van der Waals surface area (Å²) in [6.07, 6.45) is -0.0790. The molecule has 10 heteroatoms. The molecule has 2 aliphatic heterocycles. The molecule has 4 unspecified atom stereocenters. The summed E-state index contributed by atoms with van der Waals surface area (Å²) < 4.78 is 0. The third kappa shape index (κ3) is 2.46. The molecule has 2 saturated carbocycles. The van der Waals surface area contributed by atoms with Crippen molar-refractivity contribution in [3.63, 3.8) is 0 Å². The number of fused-ring (bicyclic) bond motifs is 6. The number of amides is 6. The number of carbonyl (C=O) groups is 6. The Morgan fingerprint density at radius 2 is 1.36 bits per heavy atom. The van der Waals surface area contributed by atoms with Gasteiger partial charge in [0.25, 0.3) is 0 Å². The van der Waals surface area contributed by atoms with Gasteiger partial charge in [-0.3, -0.25) is 38.6 Å². The van der Waals surface area contributed by atoms with Crippen molar-refractivity contribution in [3.05, 3.63) is 0 Å². The van der Waals surface area contributed by atoms with E-state index >= 15 is 0 Å². The Kier molecular flexibility index (Phi) is 4.76. The maximum atomic E-state index is 12.0. The standard InChI is InChI=1S/C12H12N2O4.C6H12N2O2/c1-3-14-10(17)6-7(11(14)18)12(6)4-5(12)9(16)13(2)8(4)15;1-3-8-6(10)4-5(9)7-2/h4-7H,3H2,1-2H3;3-4H2,1-2H3,(H,7,9)(H,8,10). The number of nitrogens with zero attached hydrogens (tertiary/aromatic N) is 2. The quantitative estimate of drug-likeness (QED) is 0.425. The van der Waals surface area contributed by atoms with Gasteiger partial charge >= 0.3 is 0 Å². The van der Waals surface area contributed by atoms with E-state index in [1.54, 1.807) is 6.92 Å². The van der Waals surface area contributed by atoms with E-state index in [4.69, 9.17) is 0 Å². The van der Waals surface area contributed by atoms with Crippen molar-refractivity contribution in [2.75, 3.05) is 27.2 Å². The Hall–Kier alpha value is -2.78. The van der Waals surface area contributed by atoms with Gasteiger partial charge in [0.2, 0.25) is 35.4 Å². The zero-order valence-corrected chi connectivity index (χ0v) is 16.3. The van der Waals surface area contributed by atoms with Gasteiger partial charge in [-0.2, -0.15) is 0 Å². The molecule has 4 atom stereocenters. The van der Waals surface area contributed by atoms with Crippen molar-refractivity contribution in [3.8, 4) is 0 Å². The van der Waals surface area contributed by atoms with Crippen LogP contribution in [0.3, 0.4) is 0 Å². The zero-order valence-electron chi connectivity index (χ0n) is 16.3. The Balaban J connectivity index is 0.000000195. The topological polar surface area (TPSA) is 133 Å². The van der Waals surface area contributed by atoms with Crippen LogP contribution in [-0.2, 0) is 28.8 Å². The van der Waals surface area contributed by atoms with E-state index in [2.05, 4.69) is 10.6 Å². The van der Waals surface area contributed by atoms with Crippen molar-refractivity contribution < 1.29 is 28.8 Å². The fourth-order valence-corrected chi connectivity index (χ4v) is 4.83. The predicted octanol–water partition coefficient (Wildman–Crippen LogP) is -1.89. The molecule has 1 spiro atoms. The number of rotatable bonds is 4. The number of piperidine rings is 2. The fourth-order valence-electron chi connectivity index (χ4n) is 4.83. The minimum Gasteiger partial charge on any atom is -0.359 e. The maximum absolute atomic E-state index is 12.0. The highest BCUT2D eigenvalue weighted by molar-refractivity contribution is 6.19. The van der Waals surface area contributed by atoms with Crippen LogP contribution in [-0.4, -0.2) is 72.4 Å². The lowest BCUT2D eigenvalue weighted by atomic mass is 10.1. The van der Waals surface area contributed by atoms with Crippen LogP contribution < -0.4 is 10.6 Å². The normalized spacial score (nSPS) is 34.0. The smallest absolute Gasteiger partial charge is 0.233 e. The molecule has 4 rings (SSSR count). The van der Waals surface area contributed by atoms with Crippen LogP contribution >= 0.6 is 0 Å². The predicted molar refractivity (Wildman–Crippen MR) is 93.9 cm³/mol. The minimum atomic E-state index is -0.611. The van der Waals surface area contributed by atoms with Gasteiger partial charge in [0.15, 0.2) is 0 Å². The molecular formula is C18H24N4O6. The molecule has 0 aromatic carbocycles. The molecule has 4 aliphatic rings. The van der Waals surface area contributed by atoms with E-state index in [9.17, 15) is 28.8 Å². The summed E-state index contributed by atoms with van der Waals surface area (Å²) >= 11 is 0. The molecule has 152 valence electrons. The highest BCUT2D eigenvalue weighted by atomic mass is 16.2. The molecule has 2 heterocycles. The zero-order chi connectivity index (χ0) is 21.0. The van der Waals surface area contributed by atoms with Gasteiger partial charge in [-0.15, -0.1) is 0 Å². The van der Waals surface area contributed by atoms with Crippen LogP contribution in [0.5, 0.6) is 0 Å². The number of hydrogen-bond acceptors (Lipinski definition) is 6. The van der Waals surface area contributed by atoms with Gasteiger partial charge in [-0.25, -0.2) is 0 Å². The van der Waals surface area contributed by atoms with Gasteiger partial charge in [-0.1, -0.05) is 0 Å². The largest absolute Gasteiger partial charge is 0.359 e. The number of imide groups is 2. The highest BCUT2D eigenvalue weighted by Crippen LogP contribution is 2.86. The summed E-state index contributed by atoms with van der Waals surface area (Å²) in [6, 6.07) is 0. The molecule has 10 nitrogen and oxygen atoms in total. The second-order valence-corrected chi connectivity index (χ2v) is 7.37. The highest BCUT2D eigenvalue weighted by Gasteiger charge is 2.96. The van der Waals surface area contributed by atoms with E-state index in [0.717, 1.165) is 4.90 Å². The summed E-state index contributed by atoms with van der Waals surface area (Å²) in [5.74, 6) is -2.92. The van der Waals surface area contributed by atoms with Crippen molar-refractivity contribution in [2.24, 2.45) is 29.1 Å². The van der Waals surface area contributed by atoms with Crippen molar-refractivity contribution in [1.82, 2.24) is 20.4 Å². The summed E-state index contributed by atoms with van der Waals surface area (Å²) in [5.41, 5.74) is -0.611. The Bertz CT molecular complexity index is 747. The average Bonchev–Trinajstić information content (AvgIpc) is 3.47. The Morgan fingerprint density at radius 1 is 0.893 bits per heavy atom. The van der Waals surface area contributed by atoms with Gasteiger partial charge in [0, 0.05) is 32.6 Å². The Labute approximate surface area is 162 Å². The van der Waals surface area contributed by atoms with Gasteiger partial charge in [-0.05, 0) is 13.8 Å². The summed E-state index contributed by atoms with van der Waals surface area (Å²) in [4.78, 5) is 71.4. The first-order chi connectivity index (χ1) is 13.2. The number of nitrogens with one attached hydrogen (secondary N) is 2. The second kappa shape index (κ2) is 6.68. The van der Waals surface area contributed by atoms with Crippen LogP contribution in [0.2, 0.25) is 0 Å². The van der Waals surface area contributed by atoms with Crippen LogP contribution in [0.4, 0.5) is 0 Å². The lowest BCUT2D eigenvalue weighted by Crippen LogP contribution is -2.38. The first-order valence-electron chi connectivity index (χ1n) is 9.33. The first kappa shape index (κ1) is 20.0. The first-order valence-corrected chi connectivity index (χ1v) is 9.33. The minimum absolute atomic E-state index is 0.0790. The lowest BCUT2D eigenvalue weighted by Gasteiger charge is -2.18. The number of carbonyl (C=O) groups excluding carboxylic acids is 6. The molecule has 0 aromatic heterocycles. The van der Waals surface area contributed by atoms with E-state index < -0.39 is 29.1 Å². The van der Waals surface area contributed by atoms with E-state index in [1.165, 1.54) is 19.0 Å². The number of likely N-dealkylation sites (tertiary alicyclic amines) is 2. The van der Waals surface area contributed by atoms with E-state index in [-0.39, 0.29) is 41.9 Å². The SMILES string of the molecule is CCN1C(=O)C2C(C1=O)C21C2C(=O)N(C)C(=O)C21.CCNC(=O)CC(=O)NC. The van der Waals surface area contributed by atoms with Crippen molar-refractivity contribution in [1.29, 1.82) is 0 Å². The summed E-state index contributed by atoms with van der Waals surface area (Å²) in [5, 5.41) is 4.87. The molecular weight excluding hydrogens is 368 g/mol. The van der Waals surface area contributed by atoms with Crippen LogP contribution in [0, 0.1) is 29.1 Å². The Morgan fingerprint density at radius 3 is 1.75 bits per heavy atom. The van der Waals surface area contributed by atoms with Crippen LogP contribution in [0.25, 0.3) is 0 Å². The average molecular weight is 392 g/mol. The molecule has 0 aromatic rings. The lowest BCUT2D eigenvalue weighted by molar-refractivity contribution is -0.144. The monoisotopic (exact) mass is 392 g/mol. The van der Waals surface area contributed by atoms with Gasteiger partial charge < -0.3 is 10.6 Å². The summed E-state index contributed by atoms with van der Waals surface area (Å²) in [7, 11) is 2.96. The number of hydrogen-bond donors (Lipinski definition) is 2. The third-order valence-corrected chi connectivity index (χ3v) is 6.15. The molecule has 0 bridgehead atoms. The second-order valence-electron chi connectivity index (χ2n) is 7.37. The van der Waals surface area contributed by atoms with Gasteiger partial charge in [0.1, 0.15) is 6.42 Å². The molecule has 2 aliphatic carbocycles. The van der Waals surface area contributed by atoms with Gasteiger partial charge in [0.05, 0.1) is 23.7 Å². The van der Waals surface area contributed by atoms with Crippen molar-refractivity contribution in [2.45, 2.75) is 20.3 Å². The molecule has 0 radical (unpaired) electrons.